The van der Waals surface area contributed by atoms with Crippen molar-refractivity contribution in [2.24, 2.45) is 0 Å². The number of ketones is 1. The molecular formula is C9H12O2. The van der Waals surface area contributed by atoms with E-state index in [1.165, 1.54) is 5.57 Å². The lowest BCUT2D eigenvalue weighted by atomic mass is 10.1. The number of carbonyl (C=O) groups is 2. The maximum absolute atomic E-state index is 10.7. The van der Waals surface area contributed by atoms with Crippen LogP contribution in [0.3, 0.4) is 0 Å². The highest BCUT2D eigenvalue weighted by Gasteiger charge is 2.10. The molecule has 2 nitrogen and oxygen atoms in total. The summed E-state index contributed by atoms with van der Waals surface area (Å²) in [6.07, 6.45) is 6.68. The Balaban J connectivity index is 2.21. The van der Waals surface area contributed by atoms with E-state index in [0.29, 0.717) is 12.8 Å². The van der Waals surface area contributed by atoms with Crippen LogP contribution in [0.25, 0.3) is 0 Å². The lowest BCUT2D eigenvalue weighted by Crippen LogP contribution is -1.80. The molecule has 0 saturated heterocycles. The maximum Gasteiger partial charge on any atom is 0.155 e. The molecule has 0 amide bonds. The summed E-state index contributed by atoms with van der Waals surface area (Å²) >= 11 is 0. The number of unbranched alkanes of at least 4 members (excludes halogenated alkanes) is 1. The minimum atomic E-state index is 0.242. The van der Waals surface area contributed by atoms with Gasteiger partial charge in [0.2, 0.25) is 0 Å². The van der Waals surface area contributed by atoms with Gasteiger partial charge >= 0.3 is 0 Å². The SMILES string of the molecule is O=CCCCC1=CC(=O)CC1. The molecule has 0 atom stereocenters. The number of hydrogen-bond acceptors (Lipinski definition) is 2. The van der Waals surface area contributed by atoms with Crippen LogP contribution in [-0.2, 0) is 9.59 Å². The molecule has 0 fully saturated rings. The van der Waals surface area contributed by atoms with Crippen molar-refractivity contribution in [1.82, 2.24) is 0 Å². The fraction of sp³-hybridized carbons (Fsp3) is 0.556. The molecule has 0 aromatic rings. The average Bonchev–Trinajstić information content (AvgIpc) is 2.37. The van der Waals surface area contributed by atoms with Crippen molar-refractivity contribution < 1.29 is 9.59 Å². The Hall–Kier alpha value is -0.920. The van der Waals surface area contributed by atoms with Gasteiger partial charge in [-0.3, -0.25) is 4.79 Å². The van der Waals surface area contributed by atoms with E-state index in [1.54, 1.807) is 6.08 Å². The van der Waals surface area contributed by atoms with Crippen molar-refractivity contribution in [3.05, 3.63) is 11.6 Å². The molecule has 0 heterocycles. The summed E-state index contributed by atoms with van der Waals surface area (Å²) < 4.78 is 0. The Bertz CT molecular complexity index is 192. The summed E-state index contributed by atoms with van der Waals surface area (Å²) in [5, 5.41) is 0. The monoisotopic (exact) mass is 152 g/mol. The number of hydrogen-bond donors (Lipinski definition) is 0. The highest BCUT2D eigenvalue weighted by atomic mass is 16.1. The van der Waals surface area contributed by atoms with E-state index in [-0.39, 0.29) is 5.78 Å². The third kappa shape index (κ3) is 2.66. The first-order valence-corrected chi connectivity index (χ1v) is 3.99. The van der Waals surface area contributed by atoms with E-state index < -0.39 is 0 Å². The van der Waals surface area contributed by atoms with E-state index >= 15 is 0 Å². The summed E-state index contributed by atoms with van der Waals surface area (Å²) in [6, 6.07) is 0. The van der Waals surface area contributed by atoms with Crippen molar-refractivity contribution in [3.8, 4) is 0 Å². The zero-order valence-electron chi connectivity index (χ0n) is 6.51. The number of rotatable bonds is 4. The Morgan fingerprint density at radius 3 is 2.82 bits per heavy atom. The van der Waals surface area contributed by atoms with Crippen molar-refractivity contribution in [2.45, 2.75) is 32.1 Å². The second-order valence-electron chi connectivity index (χ2n) is 2.83. The lowest BCUT2D eigenvalue weighted by molar-refractivity contribution is -0.114. The van der Waals surface area contributed by atoms with E-state index in [2.05, 4.69) is 0 Å². The molecule has 0 spiro atoms. The highest BCUT2D eigenvalue weighted by Crippen LogP contribution is 2.19. The van der Waals surface area contributed by atoms with Gasteiger partial charge in [0.05, 0.1) is 0 Å². The molecule has 1 rings (SSSR count). The third-order valence-corrected chi connectivity index (χ3v) is 1.88. The van der Waals surface area contributed by atoms with Gasteiger partial charge in [-0.15, -0.1) is 0 Å². The van der Waals surface area contributed by atoms with E-state index in [4.69, 9.17) is 0 Å². The molecule has 11 heavy (non-hydrogen) atoms. The minimum absolute atomic E-state index is 0.242. The van der Waals surface area contributed by atoms with Gasteiger partial charge in [0, 0.05) is 12.8 Å². The van der Waals surface area contributed by atoms with Crippen molar-refractivity contribution in [3.63, 3.8) is 0 Å². The van der Waals surface area contributed by atoms with Crippen molar-refractivity contribution >= 4 is 12.1 Å². The first-order valence-electron chi connectivity index (χ1n) is 3.99. The van der Waals surface area contributed by atoms with E-state index in [9.17, 15) is 9.59 Å². The van der Waals surface area contributed by atoms with Gasteiger partial charge in [0.15, 0.2) is 5.78 Å². The molecule has 1 aliphatic rings. The molecule has 0 aliphatic heterocycles. The highest BCUT2D eigenvalue weighted by molar-refractivity contribution is 5.92. The Morgan fingerprint density at radius 1 is 1.45 bits per heavy atom. The summed E-state index contributed by atoms with van der Waals surface area (Å²) in [5.74, 6) is 0.242. The van der Waals surface area contributed by atoms with Crippen LogP contribution in [0, 0.1) is 0 Å². The molecule has 0 bridgehead atoms. The summed E-state index contributed by atoms with van der Waals surface area (Å²) in [5.41, 5.74) is 1.22. The largest absolute Gasteiger partial charge is 0.303 e. The normalized spacial score (nSPS) is 16.7. The molecule has 0 aromatic heterocycles. The summed E-state index contributed by atoms with van der Waals surface area (Å²) in [7, 11) is 0. The fourth-order valence-corrected chi connectivity index (χ4v) is 1.27. The second-order valence-corrected chi connectivity index (χ2v) is 2.83. The van der Waals surface area contributed by atoms with Gasteiger partial charge in [0.1, 0.15) is 6.29 Å². The number of carbonyl (C=O) groups excluding carboxylic acids is 2. The number of aldehydes is 1. The topological polar surface area (TPSA) is 34.1 Å². The van der Waals surface area contributed by atoms with Gasteiger partial charge in [0.25, 0.3) is 0 Å². The van der Waals surface area contributed by atoms with Crippen LogP contribution in [0.2, 0.25) is 0 Å². The molecule has 2 heteroatoms. The Labute approximate surface area is 66.3 Å². The average molecular weight is 152 g/mol. The molecular weight excluding hydrogens is 140 g/mol. The van der Waals surface area contributed by atoms with Crippen molar-refractivity contribution in [1.29, 1.82) is 0 Å². The molecule has 0 unspecified atom stereocenters. The van der Waals surface area contributed by atoms with E-state index in [0.717, 1.165) is 25.5 Å². The van der Waals surface area contributed by atoms with Gasteiger partial charge in [-0.25, -0.2) is 0 Å². The Kier molecular flexibility index (Phi) is 3.02. The summed E-state index contributed by atoms with van der Waals surface area (Å²) in [4.78, 5) is 20.7. The lowest BCUT2D eigenvalue weighted by Gasteiger charge is -1.95. The van der Waals surface area contributed by atoms with E-state index in [1.807, 2.05) is 0 Å². The van der Waals surface area contributed by atoms with Crippen LogP contribution in [0.1, 0.15) is 32.1 Å². The van der Waals surface area contributed by atoms with Crippen LogP contribution in [0.5, 0.6) is 0 Å². The minimum Gasteiger partial charge on any atom is -0.303 e. The number of allylic oxidation sites excluding steroid dienone is 2. The third-order valence-electron chi connectivity index (χ3n) is 1.88. The van der Waals surface area contributed by atoms with Gasteiger partial charge in [-0.2, -0.15) is 0 Å². The van der Waals surface area contributed by atoms with Crippen LogP contribution in [0.4, 0.5) is 0 Å². The van der Waals surface area contributed by atoms with Crippen LogP contribution >= 0.6 is 0 Å². The standard InChI is InChI=1S/C9H12O2/c10-6-2-1-3-8-4-5-9(11)7-8/h6-7H,1-5H2. The predicted octanol–water partition coefficient (Wildman–Crippen LogP) is 1.64. The molecule has 1 aliphatic carbocycles. The maximum atomic E-state index is 10.7. The zero-order chi connectivity index (χ0) is 8.10. The zero-order valence-corrected chi connectivity index (χ0v) is 6.51. The Morgan fingerprint density at radius 2 is 2.27 bits per heavy atom. The van der Waals surface area contributed by atoms with Crippen LogP contribution < -0.4 is 0 Å². The quantitative estimate of drug-likeness (QED) is 0.453. The molecule has 0 aromatic carbocycles. The predicted molar refractivity (Wildman–Crippen MR) is 42.2 cm³/mol. The van der Waals surface area contributed by atoms with Crippen molar-refractivity contribution in [2.75, 3.05) is 0 Å². The van der Waals surface area contributed by atoms with Gasteiger partial charge in [-0.05, 0) is 25.3 Å². The smallest absolute Gasteiger partial charge is 0.155 e. The van der Waals surface area contributed by atoms with Gasteiger partial charge < -0.3 is 4.79 Å². The van der Waals surface area contributed by atoms with Crippen LogP contribution in [0.15, 0.2) is 11.6 Å². The molecule has 0 N–H and O–H groups in total. The molecule has 0 saturated carbocycles. The first-order chi connectivity index (χ1) is 5.33. The fourth-order valence-electron chi connectivity index (χ4n) is 1.27. The van der Waals surface area contributed by atoms with Gasteiger partial charge in [-0.1, -0.05) is 5.57 Å². The molecule has 60 valence electrons. The molecule has 0 radical (unpaired) electrons. The second kappa shape index (κ2) is 4.06. The first kappa shape index (κ1) is 8.18. The summed E-state index contributed by atoms with van der Waals surface area (Å²) in [6.45, 7) is 0. The van der Waals surface area contributed by atoms with Crippen LogP contribution in [-0.4, -0.2) is 12.1 Å².